The Labute approximate surface area is 500 Å². The number of hydrogen-bond acceptors (Lipinski definition) is 19. The minimum Gasteiger partial charge on any atom is -0.377 e. The largest absolute Gasteiger partial charge is 0.377 e. The summed E-state index contributed by atoms with van der Waals surface area (Å²) in [5.74, 6) is 1.50. The lowest BCUT2D eigenvalue weighted by Crippen LogP contribution is -2.53. The van der Waals surface area contributed by atoms with Gasteiger partial charge in [-0.1, -0.05) is 35.4 Å². The van der Waals surface area contributed by atoms with Crippen LogP contribution in [0.15, 0.2) is 36.5 Å². The van der Waals surface area contributed by atoms with Crippen molar-refractivity contribution in [3.8, 4) is 0 Å². The number of amides is 3. The summed E-state index contributed by atoms with van der Waals surface area (Å²) in [6.07, 6.45) is 10.6. The molecule has 5 atom stereocenters. The fourth-order valence-corrected chi connectivity index (χ4v) is 12.2. The van der Waals surface area contributed by atoms with E-state index in [0.717, 1.165) is 74.4 Å². The molecule has 2 aromatic heterocycles. The van der Waals surface area contributed by atoms with Gasteiger partial charge in [-0.2, -0.15) is 16.9 Å². The van der Waals surface area contributed by atoms with Gasteiger partial charge in [0.25, 0.3) is 0 Å². The summed E-state index contributed by atoms with van der Waals surface area (Å²) in [4.78, 5) is 26.3. The van der Waals surface area contributed by atoms with Crippen molar-refractivity contribution < 1.29 is 66.4 Å². The van der Waals surface area contributed by atoms with Crippen LogP contribution < -0.4 is 16.0 Å². The van der Waals surface area contributed by atoms with Crippen molar-refractivity contribution in [3.63, 3.8) is 0 Å². The first-order valence-electron chi connectivity index (χ1n) is 30.1. The molecule has 25 heteroatoms. The van der Waals surface area contributed by atoms with Crippen molar-refractivity contribution in [2.24, 2.45) is 7.05 Å². The maximum absolute atomic E-state index is 12.1. The Bertz CT molecular complexity index is 2190. The molecule has 1 aliphatic carbocycles. The zero-order valence-corrected chi connectivity index (χ0v) is 50.7. The lowest BCUT2D eigenvalue weighted by Gasteiger charge is -2.46. The Balaban J connectivity index is 0.562. The average Bonchev–Trinajstić information content (AvgIpc) is 4.53. The van der Waals surface area contributed by atoms with Gasteiger partial charge in [0, 0.05) is 66.3 Å². The van der Waals surface area contributed by atoms with E-state index < -0.39 is 0 Å². The van der Waals surface area contributed by atoms with E-state index in [4.69, 9.17) is 73.5 Å². The number of halogens is 1. The third kappa shape index (κ3) is 25.7. The van der Waals surface area contributed by atoms with Gasteiger partial charge in [0.15, 0.2) is 0 Å². The van der Waals surface area contributed by atoms with Crippen LogP contribution in [0.5, 0.6) is 0 Å². The molecule has 3 amide bonds. The zero-order chi connectivity index (χ0) is 57.9. The molecule has 23 nitrogen and oxygen atoms in total. The number of nitrogens with one attached hydrogen (secondary N) is 3. The number of urea groups is 1. The molecule has 5 heterocycles. The van der Waals surface area contributed by atoms with Crippen LogP contribution in [0.3, 0.4) is 0 Å². The van der Waals surface area contributed by atoms with Crippen LogP contribution in [0.2, 0.25) is 5.02 Å². The number of ether oxygens (including phenoxy) is 12. The highest BCUT2D eigenvalue weighted by Gasteiger charge is 2.43. The van der Waals surface area contributed by atoms with Gasteiger partial charge in [-0.05, 0) is 75.6 Å². The van der Waals surface area contributed by atoms with Gasteiger partial charge in [0.2, 0.25) is 5.91 Å². The van der Waals surface area contributed by atoms with Gasteiger partial charge in [-0.25, -0.2) is 9.48 Å². The monoisotopic (exact) mass is 1210 g/mol. The maximum atomic E-state index is 12.1. The number of morpholine rings is 1. The van der Waals surface area contributed by atoms with E-state index in [1.165, 1.54) is 17.0 Å². The minimum absolute atomic E-state index is 0.0401. The number of carbonyl (C=O) groups excluding carboxylic acids is 2. The van der Waals surface area contributed by atoms with Gasteiger partial charge in [0.1, 0.15) is 11.8 Å². The number of carbonyl (C=O) groups is 2. The van der Waals surface area contributed by atoms with E-state index in [-0.39, 0.29) is 36.2 Å². The predicted molar refractivity (Wildman–Crippen MR) is 313 cm³/mol. The molecular weight excluding hydrogens is 1110 g/mol. The van der Waals surface area contributed by atoms with Crippen molar-refractivity contribution in [1.82, 2.24) is 45.6 Å². The summed E-state index contributed by atoms with van der Waals surface area (Å²) in [5.41, 5.74) is 4.55. The lowest BCUT2D eigenvalue weighted by molar-refractivity contribution is -0.121. The van der Waals surface area contributed by atoms with Gasteiger partial charge in [-0.15, -0.1) is 5.10 Å². The van der Waals surface area contributed by atoms with Crippen LogP contribution in [0, 0.1) is 6.92 Å². The van der Waals surface area contributed by atoms with Crippen molar-refractivity contribution in [2.75, 3.05) is 171 Å². The minimum atomic E-state index is -0.147. The molecule has 0 unspecified atom stereocenters. The number of rotatable bonds is 46. The summed E-state index contributed by atoms with van der Waals surface area (Å²) < 4.78 is 71.9. The summed E-state index contributed by atoms with van der Waals surface area (Å²) >= 11 is 8.12. The number of aryl methyl sites for hydroxylation is 2. The standard InChI is InChI=1S/C58H94ClN9O14S/c1-45-39-51(64-66(45)2)47-9-13-49(14-10-47)68-42-54(82-43-50(68)40-46-7-11-48(59)12-8-46)52-41-67(65-63-52)16-18-72-20-22-74-24-26-76-28-30-78-32-34-80-36-38-81-37-35-79-33-31-77-29-27-75-25-23-73-21-19-71-17-15-60-56(69)6-4-3-5-55-57-53(44-83-55)61-58(70)62-57/h7-8,11-12,39,41,47,49-50,53-55,57H,3-6,9-10,13-38,40,42-44H2,1-2H3,(H,60,69)(H2,61,62,70)/t47?,49?,50-,53-,54+,55-,57-/m0/s1. The van der Waals surface area contributed by atoms with Crippen LogP contribution in [0.1, 0.15) is 86.0 Å². The molecule has 3 aliphatic heterocycles. The maximum Gasteiger partial charge on any atom is 0.315 e. The number of nitrogens with zero attached hydrogens (tertiary/aromatic N) is 6. The first kappa shape index (κ1) is 66.9. The summed E-state index contributed by atoms with van der Waals surface area (Å²) in [5, 5.41) is 23.8. The molecule has 1 aromatic carbocycles. The molecular formula is C58H94ClN9O14S. The number of hydrogen-bond donors (Lipinski definition) is 3. The van der Waals surface area contributed by atoms with Crippen LogP contribution in [-0.2, 0) is 81.7 Å². The van der Waals surface area contributed by atoms with Crippen molar-refractivity contribution in [2.45, 2.75) is 113 Å². The highest BCUT2D eigenvalue weighted by Crippen LogP contribution is 2.38. The quantitative estimate of drug-likeness (QED) is 0.0514. The van der Waals surface area contributed by atoms with Crippen molar-refractivity contribution in [3.05, 3.63) is 64.2 Å². The number of unbranched alkanes of at least 4 members (excludes halogenated alkanes) is 1. The molecule has 0 spiro atoms. The van der Waals surface area contributed by atoms with Crippen LogP contribution in [0.4, 0.5) is 4.79 Å². The number of thioether (sulfide) groups is 1. The van der Waals surface area contributed by atoms with E-state index in [1.807, 2.05) is 46.5 Å². The van der Waals surface area contributed by atoms with Crippen LogP contribution >= 0.6 is 23.4 Å². The third-order valence-corrected chi connectivity index (χ3v) is 16.9. The topological polar surface area (TPSA) is 233 Å². The van der Waals surface area contributed by atoms with E-state index in [1.54, 1.807) is 0 Å². The Kier molecular flexibility index (Phi) is 32.3. The second kappa shape index (κ2) is 40.0. The highest BCUT2D eigenvalue weighted by molar-refractivity contribution is 8.00. The Morgan fingerprint density at radius 2 is 1.25 bits per heavy atom. The lowest BCUT2D eigenvalue weighted by atomic mass is 9.82. The average molecular weight is 1210 g/mol. The van der Waals surface area contributed by atoms with Gasteiger partial charge >= 0.3 is 6.03 Å². The zero-order valence-electron chi connectivity index (χ0n) is 49.1. The van der Waals surface area contributed by atoms with E-state index in [2.05, 4.69) is 56.3 Å². The fourth-order valence-electron chi connectivity index (χ4n) is 10.6. The number of benzene rings is 1. The fraction of sp³-hybridized carbons (Fsp3) is 0.776. The third-order valence-electron chi connectivity index (χ3n) is 15.2. The summed E-state index contributed by atoms with van der Waals surface area (Å²) in [6, 6.07) is 11.6. The molecule has 3 N–H and O–H groups in total. The highest BCUT2D eigenvalue weighted by atomic mass is 35.5. The van der Waals surface area contributed by atoms with Gasteiger partial charge in [-0.3, -0.25) is 14.4 Å². The second-order valence-electron chi connectivity index (χ2n) is 21.2. The van der Waals surface area contributed by atoms with Gasteiger partial charge in [0.05, 0.1) is 182 Å². The molecule has 0 radical (unpaired) electrons. The molecule has 3 saturated heterocycles. The summed E-state index contributed by atoms with van der Waals surface area (Å²) in [6.45, 7) is 15.1. The Hall–Kier alpha value is -3.57. The van der Waals surface area contributed by atoms with E-state index >= 15 is 0 Å². The van der Waals surface area contributed by atoms with Crippen LogP contribution in [-0.4, -0.2) is 242 Å². The number of fused-ring (bicyclic) bond motifs is 1. The van der Waals surface area contributed by atoms with Crippen molar-refractivity contribution in [1.29, 1.82) is 0 Å². The second-order valence-corrected chi connectivity index (χ2v) is 22.9. The molecule has 3 aromatic rings. The molecule has 1 saturated carbocycles. The molecule has 83 heavy (non-hydrogen) atoms. The first-order valence-corrected chi connectivity index (χ1v) is 31.5. The Morgan fingerprint density at radius 3 is 1.80 bits per heavy atom. The normalized spacial score (nSPS) is 21.8. The molecule has 4 fully saturated rings. The predicted octanol–water partition coefficient (Wildman–Crippen LogP) is 4.71. The smallest absolute Gasteiger partial charge is 0.315 e. The SMILES string of the molecule is Cc1cc(C2CCC(N3C[C@H](c4cn(CCOCCOCCOCCOCCOCCOCCOCCOCCOCCOCCOCCNC(=O)CCCC[C@@H]5SC[C@@H]6NC(=O)N[C@@H]65)nn4)OC[C@@H]3Cc3ccc(Cl)cc3)CC2)nn1C. The Morgan fingerprint density at radius 1 is 0.711 bits per heavy atom. The molecule has 4 aliphatic rings. The molecule has 468 valence electrons. The van der Waals surface area contributed by atoms with Gasteiger partial charge < -0.3 is 72.8 Å². The van der Waals surface area contributed by atoms with E-state index in [9.17, 15) is 9.59 Å². The summed E-state index contributed by atoms with van der Waals surface area (Å²) in [7, 11) is 2.03. The van der Waals surface area contributed by atoms with E-state index in [0.29, 0.717) is 189 Å². The molecule has 0 bridgehead atoms. The van der Waals surface area contributed by atoms with Crippen LogP contribution in [0.25, 0.3) is 0 Å². The van der Waals surface area contributed by atoms with Crippen molar-refractivity contribution >= 4 is 35.3 Å². The number of aromatic nitrogens is 5. The first-order chi connectivity index (χ1) is 40.8. The molecule has 7 rings (SSSR count).